The first kappa shape index (κ1) is 15.8. The Balaban J connectivity index is 2.07. The number of alkyl halides is 3. The number of para-hydroxylation sites is 1. The number of nitrogens with one attached hydrogen (secondary N) is 2. The quantitative estimate of drug-likeness (QED) is 0.834. The summed E-state index contributed by atoms with van der Waals surface area (Å²) in [6.45, 7) is 0. The van der Waals surface area contributed by atoms with Gasteiger partial charge in [0.15, 0.2) is 0 Å². The molecule has 2 rings (SSSR count). The minimum absolute atomic E-state index is 0.247. The van der Waals surface area contributed by atoms with E-state index in [0.29, 0.717) is 0 Å². The average molecular weight is 334 g/mol. The number of benzene rings is 1. The molecule has 4 nitrogen and oxygen atoms in total. The SMILES string of the molecule is O=C(C[C@H]1SC(=S)NC1=O)Nc1ccccc1C(F)(F)F. The molecule has 1 heterocycles. The molecule has 0 spiro atoms. The maximum absolute atomic E-state index is 12.8. The Morgan fingerprint density at radius 3 is 2.62 bits per heavy atom. The predicted octanol–water partition coefficient (Wildman–Crippen LogP) is 2.55. The van der Waals surface area contributed by atoms with E-state index in [0.717, 1.165) is 23.9 Å². The molecule has 112 valence electrons. The van der Waals surface area contributed by atoms with Crippen LogP contribution in [0, 0.1) is 0 Å². The maximum Gasteiger partial charge on any atom is 0.418 e. The van der Waals surface area contributed by atoms with Gasteiger partial charge >= 0.3 is 6.18 Å². The Hall–Kier alpha value is -1.61. The van der Waals surface area contributed by atoms with Crippen LogP contribution < -0.4 is 10.6 Å². The third-order valence-corrected chi connectivity index (χ3v) is 4.02. The Morgan fingerprint density at radius 2 is 2.05 bits per heavy atom. The predicted molar refractivity (Wildman–Crippen MR) is 76.8 cm³/mol. The smallest absolute Gasteiger partial charge is 0.325 e. The van der Waals surface area contributed by atoms with E-state index >= 15 is 0 Å². The number of carbonyl (C=O) groups is 2. The number of hydrogen-bond acceptors (Lipinski definition) is 4. The summed E-state index contributed by atoms with van der Waals surface area (Å²) in [5, 5.41) is 3.84. The van der Waals surface area contributed by atoms with Crippen LogP contribution in [0.5, 0.6) is 0 Å². The van der Waals surface area contributed by atoms with Crippen LogP contribution in [0.25, 0.3) is 0 Å². The molecule has 2 amide bonds. The largest absolute Gasteiger partial charge is 0.418 e. The summed E-state index contributed by atoms with van der Waals surface area (Å²) in [5.41, 5.74) is -1.27. The molecule has 21 heavy (non-hydrogen) atoms. The van der Waals surface area contributed by atoms with Crippen molar-refractivity contribution in [1.82, 2.24) is 5.32 Å². The number of carbonyl (C=O) groups excluding carboxylic acids is 2. The Bertz CT molecular complexity index is 604. The van der Waals surface area contributed by atoms with E-state index in [4.69, 9.17) is 12.2 Å². The van der Waals surface area contributed by atoms with Gasteiger partial charge in [0, 0.05) is 6.42 Å². The highest BCUT2D eigenvalue weighted by Crippen LogP contribution is 2.34. The lowest BCUT2D eigenvalue weighted by atomic mass is 10.1. The van der Waals surface area contributed by atoms with Gasteiger partial charge in [-0.1, -0.05) is 36.1 Å². The van der Waals surface area contributed by atoms with Gasteiger partial charge in [-0.2, -0.15) is 13.2 Å². The van der Waals surface area contributed by atoms with E-state index in [1.165, 1.54) is 12.1 Å². The van der Waals surface area contributed by atoms with Gasteiger partial charge in [0.2, 0.25) is 11.8 Å². The highest BCUT2D eigenvalue weighted by atomic mass is 32.2. The minimum Gasteiger partial charge on any atom is -0.325 e. The molecule has 0 saturated carbocycles. The Labute approximate surface area is 127 Å². The Morgan fingerprint density at radius 1 is 1.38 bits per heavy atom. The first-order valence-electron chi connectivity index (χ1n) is 5.75. The summed E-state index contributed by atoms with van der Waals surface area (Å²) < 4.78 is 38.6. The van der Waals surface area contributed by atoms with Crippen molar-refractivity contribution in [2.24, 2.45) is 0 Å². The van der Waals surface area contributed by atoms with Crippen LogP contribution in [-0.2, 0) is 15.8 Å². The van der Waals surface area contributed by atoms with E-state index in [1.54, 1.807) is 0 Å². The standard InChI is InChI=1S/C12H9F3N2O2S2/c13-12(14,15)6-3-1-2-4-7(6)16-9(18)5-8-10(19)17-11(20)21-8/h1-4,8H,5H2,(H,16,18)(H,17,19,20)/t8-/m1/s1. The second kappa shape index (κ2) is 6.02. The maximum atomic E-state index is 12.8. The first-order valence-corrected chi connectivity index (χ1v) is 7.03. The van der Waals surface area contributed by atoms with Crippen molar-refractivity contribution < 1.29 is 22.8 Å². The van der Waals surface area contributed by atoms with Gasteiger partial charge in [0.05, 0.1) is 16.5 Å². The summed E-state index contributed by atoms with van der Waals surface area (Å²) in [7, 11) is 0. The van der Waals surface area contributed by atoms with Crippen molar-refractivity contribution in [3.63, 3.8) is 0 Å². The van der Waals surface area contributed by atoms with E-state index in [9.17, 15) is 22.8 Å². The second-order valence-corrected chi connectivity index (χ2v) is 6.06. The number of amides is 2. The third-order valence-electron chi connectivity index (χ3n) is 2.64. The van der Waals surface area contributed by atoms with Crippen molar-refractivity contribution in [3.8, 4) is 0 Å². The molecule has 0 radical (unpaired) electrons. The lowest BCUT2D eigenvalue weighted by Crippen LogP contribution is -2.28. The molecule has 1 aliphatic rings. The molecule has 1 aromatic rings. The molecular formula is C12H9F3N2O2S2. The second-order valence-electron chi connectivity index (χ2n) is 4.18. The fourth-order valence-electron chi connectivity index (χ4n) is 1.74. The molecule has 1 aromatic carbocycles. The van der Waals surface area contributed by atoms with E-state index < -0.39 is 28.8 Å². The normalized spacial score (nSPS) is 18.5. The fraction of sp³-hybridized carbons (Fsp3) is 0.250. The number of hydrogen-bond donors (Lipinski definition) is 2. The zero-order valence-corrected chi connectivity index (χ0v) is 12.0. The third kappa shape index (κ3) is 3.94. The van der Waals surface area contributed by atoms with Crippen LogP contribution in [0.3, 0.4) is 0 Å². The molecule has 1 atom stereocenters. The summed E-state index contributed by atoms with van der Waals surface area (Å²) >= 11 is 5.79. The van der Waals surface area contributed by atoms with Crippen LogP contribution >= 0.6 is 24.0 Å². The van der Waals surface area contributed by atoms with Crippen molar-refractivity contribution in [2.45, 2.75) is 17.8 Å². The molecule has 0 aliphatic carbocycles. The van der Waals surface area contributed by atoms with Gasteiger partial charge in [-0.25, -0.2) is 0 Å². The zero-order chi connectivity index (χ0) is 15.6. The topological polar surface area (TPSA) is 58.2 Å². The van der Waals surface area contributed by atoms with Gasteiger partial charge in [-0.15, -0.1) is 0 Å². The molecular weight excluding hydrogens is 325 g/mol. The van der Waals surface area contributed by atoms with E-state index in [2.05, 4.69) is 10.6 Å². The fourth-order valence-corrected chi connectivity index (χ4v) is 3.00. The van der Waals surface area contributed by atoms with Crippen molar-refractivity contribution >= 4 is 45.8 Å². The van der Waals surface area contributed by atoms with E-state index in [1.807, 2.05) is 0 Å². The zero-order valence-electron chi connectivity index (χ0n) is 10.4. The minimum atomic E-state index is -4.56. The highest BCUT2D eigenvalue weighted by molar-refractivity contribution is 8.24. The van der Waals surface area contributed by atoms with Gasteiger partial charge in [0.1, 0.15) is 4.32 Å². The molecule has 2 N–H and O–H groups in total. The summed E-state index contributed by atoms with van der Waals surface area (Å²) in [6, 6.07) is 4.66. The monoisotopic (exact) mass is 334 g/mol. The lowest BCUT2D eigenvalue weighted by molar-refractivity contribution is -0.137. The highest BCUT2D eigenvalue weighted by Gasteiger charge is 2.35. The number of thiocarbonyl (C=S) groups is 1. The van der Waals surface area contributed by atoms with Crippen LogP contribution in [0.15, 0.2) is 24.3 Å². The molecule has 1 fully saturated rings. The summed E-state index contributed by atoms with van der Waals surface area (Å²) in [6.07, 6.45) is -4.81. The number of anilines is 1. The van der Waals surface area contributed by atoms with Gasteiger partial charge in [0.25, 0.3) is 0 Å². The van der Waals surface area contributed by atoms with Gasteiger partial charge < -0.3 is 10.6 Å². The number of rotatable bonds is 3. The number of halogens is 3. The van der Waals surface area contributed by atoms with Crippen LogP contribution in [0.2, 0.25) is 0 Å². The van der Waals surface area contributed by atoms with Crippen LogP contribution in [0.1, 0.15) is 12.0 Å². The van der Waals surface area contributed by atoms with Crippen LogP contribution in [0.4, 0.5) is 18.9 Å². The van der Waals surface area contributed by atoms with Crippen LogP contribution in [-0.4, -0.2) is 21.4 Å². The van der Waals surface area contributed by atoms with Gasteiger partial charge in [-0.05, 0) is 12.1 Å². The van der Waals surface area contributed by atoms with Crippen molar-refractivity contribution in [1.29, 1.82) is 0 Å². The van der Waals surface area contributed by atoms with Crippen molar-refractivity contribution in [3.05, 3.63) is 29.8 Å². The summed E-state index contributed by atoms with van der Waals surface area (Å²) in [5.74, 6) is -1.09. The van der Waals surface area contributed by atoms with E-state index in [-0.39, 0.29) is 16.4 Å². The molecule has 1 aliphatic heterocycles. The van der Waals surface area contributed by atoms with Crippen molar-refractivity contribution in [2.75, 3.05) is 5.32 Å². The molecule has 0 unspecified atom stereocenters. The molecule has 0 aromatic heterocycles. The average Bonchev–Trinajstić information content (AvgIpc) is 2.67. The first-order chi connectivity index (χ1) is 9.77. The van der Waals surface area contributed by atoms with Gasteiger partial charge in [-0.3, -0.25) is 9.59 Å². The number of thioether (sulfide) groups is 1. The lowest BCUT2D eigenvalue weighted by Gasteiger charge is -2.14. The molecule has 9 heteroatoms. The molecule has 1 saturated heterocycles. The summed E-state index contributed by atoms with van der Waals surface area (Å²) in [4.78, 5) is 23.2. The Kier molecular flexibility index (Phi) is 4.52. The molecule has 0 bridgehead atoms.